The normalized spacial score (nSPS) is 27.9. The molecule has 0 saturated heterocycles. The van der Waals surface area contributed by atoms with Gasteiger partial charge in [0.25, 0.3) is 5.56 Å². The van der Waals surface area contributed by atoms with Gasteiger partial charge in [-0.15, -0.1) is 0 Å². The van der Waals surface area contributed by atoms with Crippen molar-refractivity contribution in [3.05, 3.63) is 33.1 Å². The molecule has 0 spiro atoms. The van der Waals surface area contributed by atoms with Crippen molar-refractivity contribution < 1.29 is 24.5 Å². The summed E-state index contributed by atoms with van der Waals surface area (Å²) in [4.78, 5) is 37.0. The van der Waals surface area contributed by atoms with Crippen LogP contribution in [0.1, 0.15) is 27.2 Å². The van der Waals surface area contributed by atoms with Gasteiger partial charge in [0.05, 0.1) is 24.2 Å². The minimum atomic E-state index is -1.75. The molecule has 1 heterocycles. The smallest absolute Gasteiger partial charge is 0.329 e. The predicted molar refractivity (Wildman–Crippen MR) is 91.4 cm³/mol. The van der Waals surface area contributed by atoms with Crippen LogP contribution in [-0.2, 0) is 19.8 Å². The Labute approximate surface area is 155 Å². The van der Waals surface area contributed by atoms with Gasteiger partial charge in [0.2, 0.25) is 0 Å². The minimum Gasteiger partial charge on any atom is -0.438 e. The van der Waals surface area contributed by atoms with E-state index in [2.05, 4.69) is 0 Å². The van der Waals surface area contributed by atoms with Crippen molar-refractivity contribution in [3.8, 4) is 6.07 Å². The predicted octanol–water partition coefficient (Wildman–Crippen LogP) is -0.939. The van der Waals surface area contributed by atoms with Gasteiger partial charge in [0.15, 0.2) is 12.3 Å². The lowest BCUT2D eigenvalue weighted by atomic mass is 9.95. The lowest BCUT2D eigenvalue weighted by molar-refractivity contribution is -0.167. The molecule has 0 amide bonds. The second-order valence-electron chi connectivity index (χ2n) is 7.59. The van der Waals surface area contributed by atoms with Crippen LogP contribution in [-0.4, -0.2) is 51.3 Å². The Morgan fingerprint density at radius 2 is 2.11 bits per heavy atom. The van der Waals surface area contributed by atoms with Crippen LogP contribution >= 0.6 is 0 Å². The fraction of sp³-hybridized carbons (Fsp3) is 0.647. The summed E-state index contributed by atoms with van der Waals surface area (Å²) in [5, 5.41) is 30.3. The number of hydrogen-bond donors (Lipinski definition) is 3. The number of aliphatic hydroxyl groups is 2. The zero-order chi connectivity index (χ0) is 20.4. The lowest BCUT2D eigenvalue weighted by Crippen LogP contribution is -2.49. The van der Waals surface area contributed by atoms with E-state index in [4.69, 9.17) is 9.47 Å². The fourth-order valence-electron chi connectivity index (χ4n) is 2.99. The molecule has 10 nitrogen and oxygen atoms in total. The van der Waals surface area contributed by atoms with Crippen LogP contribution < -0.4 is 11.2 Å². The number of nitrogens with one attached hydrogen (secondary N) is 1. The monoisotopic (exact) mass is 381 g/mol. The van der Waals surface area contributed by atoms with Gasteiger partial charge in [0.1, 0.15) is 6.10 Å². The summed E-state index contributed by atoms with van der Waals surface area (Å²) in [5.41, 5.74) is -3.95. The van der Waals surface area contributed by atoms with Crippen molar-refractivity contribution in [2.24, 2.45) is 11.3 Å². The largest absolute Gasteiger partial charge is 0.438 e. The molecule has 4 atom stereocenters. The zero-order valence-electron chi connectivity index (χ0n) is 15.3. The highest BCUT2D eigenvalue weighted by molar-refractivity contribution is 5.75. The Kier molecular flexibility index (Phi) is 5.89. The fourth-order valence-corrected chi connectivity index (χ4v) is 2.99. The molecule has 0 aliphatic heterocycles. The molecule has 2 unspecified atom stereocenters. The zero-order valence-corrected chi connectivity index (χ0v) is 15.3. The Morgan fingerprint density at radius 1 is 1.44 bits per heavy atom. The number of hydrogen-bond acceptors (Lipinski definition) is 8. The van der Waals surface area contributed by atoms with Gasteiger partial charge in [0, 0.05) is 18.2 Å². The molecule has 2 rings (SSSR count). The molecule has 0 bridgehead atoms. The van der Waals surface area contributed by atoms with E-state index in [0.717, 1.165) is 16.8 Å². The van der Waals surface area contributed by atoms with Gasteiger partial charge in [-0.25, -0.2) is 4.79 Å². The third kappa shape index (κ3) is 4.10. The molecule has 3 N–H and O–H groups in total. The van der Waals surface area contributed by atoms with Crippen LogP contribution in [0.4, 0.5) is 0 Å². The van der Waals surface area contributed by atoms with Gasteiger partial charge in [-0.3, -0.25) is 19.1 Å². The molecular weight excluding hydrogens is 358 g/mol. The molecule has 1 saturated carbocycles. The highest BCUT2D eigenvalue weighted by Gasteiger charge is 2.55. The van der Waals surface area contributed by atoms with Crippen molar-refractivity contribution in [2.45, 2.75) is 44.9 Å². The summed E-state index contributed by atoms with van der Waals surface area (Å²) >= 11 is 0. The SMILES string of the molecule is CC(C)(C)C(=O)OCOC[C@H]1C[C@@](C#N)(n2ccc(=O)[nH]c2=O)C(O)C1O. The number of ether oxygens (including phenoxy) is 2. The third-order valence-electron chi connectivity index (χ3n) is 4.53. The first-order valence-corrected chi connectivity index (χ1v) is 8.38. The molecule has 1 fully saturated rings. The van der Waals surface area contributed by atoms with Crippen LogP contribution in [0.3, 0.4) is 0 Å². The van der Waals surface area contributed by atoms with E-state index >= 15 is 0 Å². The van der Waals surface area contributed by atoms with Crippen LogP contribution in [0.2, 0.25) is 0 Å². The highest BCUT2D eigenvalue weighted by atomic mass is 16.7. The molecule has 0 radical (unpaired) electrons. The summed E-state index contributed by atoms with van der Waals surface area (Å²) in [6.07, 6.45) is -1.90. The Hall–Kier alpha value is -2.48. The van der Waals surface area contributed by atoms with E-state index in [9.17, 15) is 29.9 Å². The Bertz CT molecular complexity index is 848. The van der Waals surface area contributed by atoms with E-state index in [0.29, 0.717) is 0 Å². The first-order valence-electron chi connectivity index (χ1n) is 8.38. The van der Waals surface area contributed by atoms with Gasteiger partial charge in [-0.2, -0.15) is 5.26 Å². The summed E-state index contributed by atoms with van der Waals surface area (Å²) < 4.78 is 11.1. The molecule has 1 aliphatic carbocycles. The Morgan fingerprint density at radius 3 is 2.67 bits per heavy atom. The van der Waals surface area contributed by atoms with E-state index in [1.807, 2.05) is 11.1 Å². The van der Waals surface area contributed by atoms with E-state index in [-0.39, 0.29) is 19.8 Å². The first kappa shape index (κ1) is 20.8. The van der Waals surface area contributed by atoms with Crippen LogP contribution in [0.15, 0.2) is 21.9 Å². The second kappa shape index (κ2) is 7.64. The van der Waals surface area contributed by atoms with Crippen molar-refractivity contribution in [1.29, 1.82) is 5.26 Å². The molecule has 1 aromatic rings. The van der Waals surface area contributed by atoms with Crippen molar-refractivity contribution >= 4 is 5.97 Å². The number of nitriles is 1. The highest BCUT2D eigenvalue weighted by Crippen LogP contribution is 2.40. The lowest BCUT2D eigenvalue weighted by Gasteiger charge is -2.27. The number of carbonyl (C=O) groups is 1. The maximum atomic E-state index is 12.1. The maximum absolute atomic E-state index is 12.1. The second-order valence-corrected chi connectivity index (χ2v) is 7.59. The van der Waals surface area contributed by atoms with Gasteiger partial charge in [-0.1, -0.05) is 0 Å². The topological polar surface area (TPSA) is 155 Å². The quantitative estimate of drug-likeness (QED) is 0.335. The minimum absolute atomic E-state index is 0.0923. The van der Waals surface area contributed by atoms with Gasteiger partial charge < -0.3 is 19.7 Å². The molecular formula is C17H23N3O7. The average Bonchev–Trinajstić information content (AvgIpc) is 2.83. The first-order chi connectivity index (χ1) is 12.5. The number of aliphatic hydroxyl groups excluding tert-OH is 2. The van der Waals surface area contributed by atoms with Crippen molar-refractivity contribution in [1.82, 2.24) is 9.55 Å². The molecule has 1 aliphatic rings. The standard InChI is InChI=1S/C17H23N3O7/c1-16(2,3)14(24)27-9-26-7-10-6-17(8-18,13(23)12(10)22)20-5-4-11(21)19-15(20)25/h4-5,10,12-13,22-23H,6-7,9H2,1-3H3,(H,19,21,25)/t10-,12?,13?,17+/m1/s1. The van der Waals surface area contributed by atoms with Gasteiger partial charge >= 0.3 is 11.7 Å². The maximum Gasteiger partial charge on any atom is 0.329 e. The van der Waals surface area contributed by atoms with Crippen LogP contribution in [0.5, 0.6) is 0 Å². The van der Waals surface area contributed by atoms with E-state index < -0.39 is 46.3 Å². The summed E-state index contributed by atoms with van der Waals surface area (Å²) in [5.74, 6) is -1.15. The number of nitrogens with zero attached hydrogens (tertiary/aromatic N) is 2. The molecule has 148 valence electrons. The summed E-state index contributed by atoms with van der Waals surface area (Å²) in [6.45, 7) is 4.63. The number of esters is 1. The number of rotatable bonds is 5. The average molecular weight is 381 g/mol. The number of aromatic amines is 1. The summed E-state index contributed by atoms with van der Waals surface area (Å²) in [6, 6.07) is 2.93. The number of carbonyl (C=O) groups excluding carboxylic acids is 1. The molecule has 1 aromatic heterocycles. The summed E-state index contributed by atoms with van der Waals surface area (Å²) in [7, 11) is 0. The van der Waals surface area contributed by atoms with Gasteiger partial charge in [-0.05, 0) is 27.2 Å². The van der Waals surface area contributed by atoms with Crippen molar-refractivity contribution in [2.75, 3.05) is 13.4 Å². The van der Waals surface area contributed by atoms with Crippen molar-refractivity contribution in [3.63, 3.8) is 0 Å². The number of aromatic nitrogens is 2. The van der Waals surface area contributed by atoms with E-state index in [1.54, 1.807) is 20.8 Å². The third-order valence-corrected chi connectivity index (χ3v) is 4.53. The van der Waals surface area contributed by atoms with Crippen LogP contribution in [0.25, 0.3) is 0 Å². The Balaban J connectivity index is 2.10. The molecule has 27 heavy (non-hydrogen) atoms. The molecule has 0 aromatic carbocycles. The molecule has 10 heteroatoms. The number of H-pyrrole nitrogens is 1. The van der Waals surface area contributed by atoms with E-state index in [1.165, 1.54) is 0 Å². The van der Waals surface area contributed by atoms with Crippen LogP contribution in [0, 0.1) is 22.7 Å².